The molecule has 27 heavy (non-hydrogen) atoms. The number of nitrogens with zero attached hydrogens (tertiary/aromatic N) is 1. The molecule has 1 aliphatic heterocycles. The van der Waals surface area contributed by atoms with E-state index in [0.29, 0.717) is 0 Å². The summed E-state index contributed by atoms with van der Waals surface area (Å²) in [4.78, 5) is 14.9. The number of hydrogen-bond donors (Lipinski definition) is 2. The molecule has 3 rings (SSSR count). The highest BCUT2D eigenvalue weighted by atomic mass is 32.2. The van der Waals surface area contributed by atoms with Crippen LogP contribution in [0.15, 0.2) is 53.4 Å². The molecule has 0 saturated carbocycles. The minimum absolute atomic E-state index is 0.0386. The number of rotatable bonds is 6. The van der Waals surface area contributed by atoms with Crippen LogP contribution in [0.3, 0.4) is 0 Å². The Morgan fingerprint density at radius 2 is 1.74 bits per heavy atom. The molecule has 6 nitrogen and oxygen atoms in total. The van der Waals surface area contributed by atoms with Crippen LogP contribution < -0.4 is 10.5 Å². The third kappa shape index (κ3) is 5.80. The van der Waals surface area contributed by atoms with Crippen molar-refractivity contribution < 1.29 is 13.2 Å². The van der Waals surface area contributed by atoms with Crippen molar-refractivity contribution in [3.05, 3.63) is 59.7 Å². The molecule has 0 bridgehead atoms. The van der Waals surface area contributed by atoms with E-state index in [1.54, 1.807) is 12.1 Å². The average Bonchev–Trinajstić information content (AvgIpc) is 2.64. The smallest absolute Gasteiger partial charge is 0.238 e. The molecule has 1 saturated heterocycles. The lowest BCUT2D eigenvalue weighted by Crippen LogP contribution is -2.32. The molecule has 0 aliphatic carbocycles. The van der Waals surface area contributed by atoms with E-state index in [1.165, 1.54) is 12.1 Å². The van der Waals surface area contributed by atoms with Gasteiger partial charge in [-0.25, -0.2) is 13.6 Å². The molecule has 0 spiro atoms. The number of benzene rings is 2. The SMILES string of the molecule is NS(=O)(=O)c1ccc(CC(=O)Nc2ccccc2CN2CCSCC2)cc1. The Labute approximate surface area is 164 Å². The fourth-order valence-electron chi connectivity index (χ4n) is 2.96. The van der Waals surface area contributed by atoms with Gasteiger partial charge in [0, 0.05) is 36.8 Å². The van der Waals surface area contributed by atoms with E-state index >= 15 is 0 Å². The van der Waals surface area contributed by atoms with Gasteiger partial charge in [-0.1, -0.05) is 30.3 Å². The van der Waals surface area contributed by atoms with E-state index in [2.05, 4.69) is 10.2 Å². The number of thioether (sulfide) groups is 1. The Bertz CT molecular complexity index is 893. The quantitative estimate of drug-likeness (QED) is 0.767. The lowest BCUT2D eigenvalue weighted by molar-refractivity contribution is -0.115. The predicted octanol–water partition coefficient (Wildman–Crippen LogP) is 2.06. The highest BCUT2D eigenvalue weighted by Crippen LogP contribution is 2.20. The van der Waals surface area contributed by atoms with E-state index in [9.17, 15) is 13.2 Å². The first kappa shape index (κ1) is 19.9. The van der Waals surface area contributed by atoms with Gasteiger partial charge in [0.05, 0.1) is 11.3 Å². The van der Waals surface area contributed by atoms with Crippen molar-refractivity contribution in [2.75, 3.05) is 29.9 Å². The lowest BCUT2D eigenvalue weighted by atomic mass is 10.1. The third-order valence-corrected chi connectivity index (χ3v) is 6.28. The molecular formula is C19H23N3O3S2. The van der Waals surface area contributed by atoms with Gasteiger partial charge in [-0.05, 0) is 29.3 Å². The maximum absolute atomic E-state index is 12.4. The van der Waals surface area contributed by atoms with Gasteiger partial charge < -0.3 is 5.32 Å². The first-order valence-electron chi connectivity index (χ1n) is 8.71. The fraction of sp³-hybridized carbons (Fsp3) is 0.316. The Balaban J connectivity index is 1.64. The number of hydrogen-bond acceptors (Lipinski definition) is 5. The number of anilines is 1. The van der Waals surface area contributed by atoms with Crippen LogP contribution in [0.1, 0.15) is 11.1 Å². The van der Waals surface area contributed by atoms with Gasteiger partial charge in [-0.3, -0.25) is 9.69 Å². The highest BCUT2D eigenvalue weighted by molar-refractivity contribution is 7.99. The number of amides is 1. The Hall–Kier alpha value is -1.87. The molecule has 0 aromatic heterocycles. The number of nitrogens with one attached hydrogen (secondary N) is 1. The second-order valence-electron chi connectivity index (χ2n) is 6.46. The fourth-order valence-corrected chi connectivity index (χ4v) is 4.45. The van der Waals surface area contributed by atoms with Crippen molar-refractivity contribution in [3.8, 4) is 0 Å². The summed E-state index contributed by atoms with van der Waals surface area (Å²) in [6.07, 6.45) is 0.166. The van der Waals surface area contributed by atoms with Gasteiger partial charge >= 0.3 is 0 Å². The van der Waals surface area contributed by atoms with Gasteiger partial charge in [0.15, 0.2) is 0 Å². The molecule has 8 heteroatoms. The summed E-state index contributed by atoms with van der Waals surface area (Å²) in [6.45, 7) is 2.94. The summed E-state index contributed by atoms with van der Waals surface area (Å²) in [5.74, 6) is 2.14. The first-order chi connectivity index (χ1) is 12.9. The molecule has 144 valence electrons. The lowest BCUT2D eigenvalue weighted by Gasteiger charge is -2.27. The minimum atomic E-state index is -3.72. The normalized spacial score (nSPS) is 15.4. The highest BCUT2D eigenvalue weighted by Gasteiger charge is 2.14. The molecule has 1 fully saturated rings. The molecule has 0 radical (unpaired) electrons. The van der Waals surface area contributed by atoms with E-state index in [-0.39, 0.29) is 17.2 Å². The summed E-state index contributed by atoms with van der Waals surface area (Å²) in [5.41, 5.74) is 2.65. The van der Waals surface area contributed by atoms with Crippen LogP contribution in [0.4, 0.5) is 5.69 Å². The molecule has 0 atom stereocenters. The zero-order chi connectivity index (χ0) is 19.3. The van der Waals surface area contributed by atoms with Crippen LogP contribution >= 0.6 is 11.8 Å². The first-order valence-corrected chi connectivity index (χ1v) is 11.4. The summed E-state index contributed by atoms with van der Waals surface area (Å²) in [5, 5.41) is 8.07. The molecule has 1 aliphatic rings. The number of para-hydroxylation sites is 1. The number of primary sulfonamides is 1. The van der Waals surface area contributed by atoms with E-state index in [0.717, 1.165) is 48.0 Å². The average molecular weight is 406 g/mol. The molecule has 1 amide bonds. The van der Waals surface area contributed by atoms with Crippen molar-refractivity contribution in [1.29, 1.82) is 0 Å². The number of carbonyl (C=O) groups excluding carboxylic acids is 1. The molecule has 1 heterocycles. The zero-order valence-corrected chi connectivity index (χ0v) is 16.6. The maximum Gasteiger partial charge on any atom is 0.238 e. The van der Waals surface area contributed by atoms with Crippen molar-refractivity contribution in [3.63, 3.8) is 0 Å². The van der Waals surface area contributed by atoms with E-state index in [1.807, 2.05) is 36.0 Å². The molecule has 0 unspecified atom stereocenters. The van der Waals surface area contributed by atoms with Crippen LogP contribution in [-0.2, 0) is 27.8 Å². The summed E-state index contributed by atoms with van der Waals surface area (Å²) >= 11 is 1.97. The number of carbonyl (C=O) groups is 1. The van der Waals surface area contributed by atoms with E-state index < -0.39 is 10.0 Å². The second kappa shape index (κ2) is 8.88. The van der Waals surface area contributed by atoms with Crippen molar-refractivity contribution in [2.24, 2.45) is 5.14 Å². The molecule has 2 aromatic rings. The maximum atomic E-state index is 12.4. The van der Waals surface area contributed by atoms with Crippen molar-refractivity contribution in [1.82, 2.24) is 4.90 Å². The minimum Gasteiger partial charge on any atom is -0.325 e. The van der Waals surface area contributed by atoms with Crippen LogP contribution in [0, 0.1) is 0 Å². The van der Waals surface area contributed by atoms with Gasteiger partial charge in [0.1, 0.15) is 0 Å². The standard InChI is InChI=1S/C19H23N3O3S2/c20-27(24,25)17-7-5-15(6-8-17)13-19(23)21-18-4-2-1-3-16(18)14-22-9-11-26-12-10-22/h1-8H,9-14H2,(H,21,23)(H2,20,24,25). The number of sulfonamides is 1. The Kier molecular flexibility index (Phi) is 6.54. The van der Waals surface area contributed by atoms with Crippen LogP contribution in [0.2, 0.25) is 0 Å². The van der Waals surface area contributed by atoms with Gasteiger partial charge in [0.25, 0.3) is 0 Å². The zero-order valence-electron chi connectivity index (χ0n) is 14.9. The summed E-state index contributed by atoms with van der Waals surface area (Å²) in [6, 6.07) is 13.9. The van der Waals surface area contributed by atoms with Gasteiger partial charge in [-0.15, -0.1) is 0 Å². The molecule has 3 N–H and O–H groups in total. The van der Waals surface area contributed by atoms with E-state index in [4.69, 9.17) is 5.14 Å². The summed E-state index contributed by atoms with van der Waals surface area (Å²) in [7, 11) is -3.72. The van der Waals surface area contributed by atoms with Crippen molar-refractivity contribution in [2.45, 2.75) is 17.9 Å². The van der Waals surface area contributed by atoms with Crippen molar-refractivity contribution >= 4 is 33.4 Å². The predicted molar refractivity (Wildman–Crippen MR) is 109 cm³/mol. The monoisotopic (exact) mass is 405 g/mol. The Morgan fingerprint density at radius 1 is 1.07 bits per heavy atom. The Morgan fingerprint density at radius 3 is 2.41 bits per heavy atom. The third-order valence-electron chi connectivity index (χ3n) is 4.41. The summed E-state index contributed by atoms with van der Waals surface area (Å²) < 4.78 is 22.6. The topological polar surface area (TPSA) is 92.5 Å². The van der Waals surface area contributed by atoms with Crippen LogP contribution in [0.25, 0.3) is 0 Å². The molecular weight excluding hydrogens is 382 g/mol. The van der Waals surface area contributed by atoms with Crippen LogP contribution in [0.5, 0.6) is 0 Å². The second-order valence-corrected chi connectivity index (χ2v) is 9.25. The van der Waals surface area contributed by atoms with Gasteiger partial charge in [0.2, 0.25) is 15.9 Å². The largest absolute Gasteiger partial charge is 0.325 e. The number of nitrogens with two attached hydrogens (primary N) is 1. The van der Waals surface area contributed by atoms with Gasteiger partial charge in [-0.2, -0.15) is 11.8 Å². The van der Waals surface area contributed by atoms with Crippen LogP contribution in [-0.4, -0.2) is 43.8 Å². The molecule has 2 aromatic carbocycles.